The Labute approximate surface area is 118 Å². The first-order valence-corrected chi connectivity index (χ1v) is 6.52. The normalized spacial score (nSPS) is 11.4. The second kappa shape index (κ2) is 8.79. The topological polar surface area (TPSA) is 87.7 Å². The maximum absolute atomic E-state index is 11.4. The third-order valence-electron chi connectivity index (χ3n) is 2.68. The Bertz CT molecular complexity index is 422. The molecule has 0 aliphatic heterocycles. The van der Waals surface area contributed by atoms with Crippen LogP contribution >= 0.6 is 0 Å². The number of urea groups is 1. The number of hydrogen-bond acceptors (Lipinski definition) is 3. The van der Waals surface area contributed by atoms with Crippen LogP contribution in [0.2, 0.25) is 0 Å². The number of hydrogen-bond donors (Lipinski definition) is 3. The molecule has 1 unspecified atom stereocenters. The van der Waals surface area contributed by atoms with E-state index in [-0.39, 0.29) is 6.03 Å². The van der Waals surface area contributed by atoms with E-state index in [1.807, 2.05) is 30.3 Å². The van der Waals surface area contributed by atoms with Crippen molar-refractivity contribution in [3.05, 3.63) is 30.3 Å². The third kappa shape index (κ3) is 6.63. The Kier molecular flexibility index (Phi) is 6.95. The van der Waals surface area contributed by atoms with E-state index < -0.39 is 11.9 Å². The number of nitrogens with one attached hydrogen (secondary N) is 2. The van der Waals surface area contributed by atoms with Gasteiger partial charge in [-0.1, -0.05) is 25.1 Å². The molecule has 1 atom stereocenters. The second-order valence-corrected chi connectivity index (χ2v) is 4.37. The van der Waals surface area contributed by atoms with Crippen molar-refractivity contribution in [2.45, 2.75) is 13.3 Å². The molecule has 0 aliphatic rings. The number of rotatable bonds is 8. The molecule has 20 heavy (non-hydrogen) atoms. The smallest absolute Gasteiger partial charge is 0.314 e. The summed E-state index contributed by atoms with van der Waals surface area (Å²) in [5.74, 6) is -0.565. The summed E-state index contributed by atoms with van der Waals surface area (Å²) in [4.78, 5) is 22.0. The minimum atomic E-state index is -0.858. The van der Waals surface area contributed by atoms with Gasteiger partial charge >= 0.3 is 12.0 Å². The molecular formula is C14H20N2O4. The molecule has 6 nitrogen and oxygen atoms in total. The average molecular weight is 280 g/mol. The van der Waals surface area contributed by atoms with Crippen LogP contribution < -0.4 is 15.4 Å². The van der Waals surface area contributed by atoms with Crippen molar-refractivity contribution in [2.75, 3.05) is 19.7 Å². The van der Waals surface area contributed by atoms with E-state index in [1.54, 1.807) is 6.92 Å². The van der Waals surface area contributed by atoms with Crippen LogP contribution in [0.5, 0.6) is 5.75 Å². The summed E-state index contributed by atoms with van der Waals surface area (Å²) in [5, 5.41) is 13.9. The highest BCUT2D eigenvalue weighted by Crippen LogP contribution is 2.07. The molecule has 0 spiro atoms. The Hall–Kier alpha value is -2.24. The molecule has 1 rings (SSSR count). The molecule has 0 aromatic heterocycles. The zero-order valence-corrected chi connectivity index (χ0v) is 11.5. The quantitative estimate of drug-likeness (QED) is 0.629. The molecule has 0 fully saturated rings. The maximum atomic E-state index is 11.4. The van der Waals surface area contributed by atoms with Crippen molar-refractivity contribution in [3.63, 3.8) is 0 Å². The maximum Gasteiger partial charge on any atom is 0.314 e. The van der Waals surface area contributed by atoms with Gasteiger partial charge in [0.1, 0.15) is 12.4 Å². The van der Waals surface area contributed by atoms with Crippen molar-refractivity contribution in [2.24, 2.45) is 5.92 Å². The number of carboxylic acid groups (broad SMARTS) is 1. The lowest BCUT2D eigenvalue weighted by Crippen LogP contribution is -2.38. The summed E-state index contributed by atoms with van der Waals surface area (Å²) in [5.41, 5.74) is 0. The summed E-state index contributed by atoms with van der Waals surface area (Å²) in [7, 11) is 0. The lowest BCUT2D eigenvalue weighted by atomic mass is 10.1. The van der Waals surface area contributed by atoms with Crippen LogP contribution in [0.1, 0.15) is 13.3 Å². The van der Waals surface area contributed by atoms with E-state index in [1.165, 1.54) is 0 Å². The van der Waals surface area contributed by atoms with E-state index in [0.717, 1.165) is 5.75 Å². The second-order valence-electron chi connectivity index (χ2n) is 4.37. The van der Waals surface area contributed by atoms with Crippen LogP contribution in [0.4, 0.5) is 4.79 Å². The Morgan fingerprint density at radius 2 is 1.85 bits per heavy atom. The zero-order valence-electron chi connectivity index (χ0n) is 11.5. The number of aliphatic carboxylic acids is 1. The summed E-state index contributed by atoms with van der Waals surface area (Å²) < 4.78 is 5.41. The standard InChI is InChI=1S/C14H20N2O4/c1-11(13(17)18)7-8-15-14(19)16-9-10-20-12-5-3-2-4-6-12/h2-6,11H,7-10H2,1H3,(H,17,18)(H2,15,16,19). The summed E-state index contributed by atoms with van der Waals surface area (Å²) in [6, 6.07) is 9.01. The molecule has 2 amide bonds. The monoisotopic (exact) mass is 280 g/mol. The number of para-hydroxylation sites is 1. The molecule has 0 bridgehead atoms. The van der Waals surface area contributed by atoms with Crippen molar-refractivity contribution in [1.82, 2.24) is 10.6 Å². The van der Waals surface area contributed by atoms with Crippen molar-refractivity contribution >= 4 is 12.0 Å². The Balaban J connectivity index is 2.04. The zero-order chi connectivity index (χ0) is 14.8. The first kappa shape index (κ1) is 15.8. The highest BCUT2D eigenvalue weighted by molar-refractivity contribution is 5.74. The van der Waals surface area contributed by atoms with Crippen LogP contribution in [-0.4, -0.2) is 36.8 Å². The Morgan fingerprint density at radius 3 is 2.50 bits per heavy atom. The molecule has 0 radical (unpaired) electrons. The van der Waals surface area contributed by atoms with Gasteiger partial charge in [-0.2, -0.15) is 0 Å². The molecular weight excluding hydrogens is 260 g/mol. The molecule has 110 valence electrons. The fourth-order valence-corrected chi connectivity index (χ4v) is 1.44. The predicted octanol–water partition coefficient (Wildman–Crippen LogP) is 1.48. The van der Waals surface area contributed by atoms with Gasteiger partial charge in [0, 0.05) is 6.54 Å². The molecule has 0 heterocycles. The highest BCUT2D eigenvalue weighted by atomic mass is 16.5. The van der Waals surface area contributed by atoms with Crippen LogP contribution in [0, 0.1) is 5.92 Å². The summed E-state index contributed by atoms with van der Waals surface area (Å²) in [6.07, 6.45) is 0.406. The fourth-order valence-electron chi connectivity index (χ4n) is 1.44. The van der Waals surface area contributed by atoms with Crippen molar-refractivity contribution in [3.8, 4) is 5.75 Å². The van der Waals surface area contributed by atoms with Crippen molar-refractivity contribution < 1.29 is 19.4 Å². The van der Waals surface area contributed by atoms with Gasteiger partial charge in [-0.05, 0) is 18.6 Å². The summed E-state index contributed by atoms with van der Waals surface area (Å²) in [6.45, 7) is 2.70. The van der Waals surface area contributed by atoms with Gasteiger partial charge in [0.25, 0.3) is 0 Å². The molecule has 1 aromatic rings. The largest absolute Gasteiger partial charge is 0.492 e. The Morgan fingerprint density at radius 1 is 1.20 bits per heavy atom. The first-order valence-electron chi connectivity index (χ1n) is 6.52. The van der Waals surface area contributed by atoms with Crippen molar-refractivity contribution in [1.29, 1.82) is 0 Å². The van der Waals surface area contributed by atoms with Gasteiger partial charge in [0.05, 0.1) is 12.5 Å². The summed E-state index contributed by atoms with van der Waals surface area (Å²) >= 11 is 0. The van der Waals surface area contributed by atoms with Crippen LogP contribution in [0.3, 0.4) is 0 Å². The SMILES string of the molecule is CC(CCNC(=O)NCCOc1ccccc1)C(=O)O. The molecule has 0 saturated carbocycles. The van der Waals surface area contributed by atoms with Crippen LogP contribution in [0.15, 0.2) is 30.3 Å². The number of carbonyl (C=O) groups is 2. The number of amides is 2. The van der Waals surface area contributed by atoms with Crippen LogP contribution in [0.25, 0.3) is 0 Å². The number of ether oxygens (including phenoxy) is 1. The van der Waals surface area contributed by atoms with Gasteiger partial charge in [0.2, 0.25) is 0 Å². The molecule has 0 saturated heterocycles. The average Bonchev–Trinajstić information content (AvgIpc) is 2.44. The van der Waals surface area contributed by atoms with Gasteiger partial charge < -0.3 is 20.5 Å². The van der Waals surface area contributed by atoms with Gasteiger partial charge in [0.15, 0.2) is 0 Å². The lowest BCUT2D eigenvalue weighted by Gasteiger charge is -2.10. The highest BCUT2D eigenvalue weighted by Gasteiger charge is 2.10. The molecule has 0 aliphatic carbocycles. The third-order valence-corrected chi connectivity index (χ3v) is 2.68. The minimum Gasteiger partial charge on any atom is -0.492 e. The fraction of sp³-hybridized carbons (Fsp3) is 0.429. The van der Waals surface area contributed by atoms with E-state index in [9.17, 15) is 9.59 Å². The number of carboxylic acids is 1. The van der Waals surface area contributed by atoms with Gasteiger partial charge in [-0.15, -0.1) is 0 Å². The van der Waals surface area contributed by atoms with Gasteiger partial charge in [-0.3, -0.25) is 4.79 Å². The van der Waals surface area contributed by atoms with E-state index in [4.69, 9.17) is 9.84 Å². The molecule has 6 heteroatoms. The number of carbonyl (C=O) groups excluding carboxylic acids is 1. The van der Waals surface area contributed by atoms with E-state index in [0.29, 0.717) is 26.1 Å². The first-order chi connectivity index (χ1) is 9.59. The molecule has 1 aromatic carbocycles. The predicted molar refractivity (Wildman–Crippen MR) is 74.8 cm³/mol. The van der Waals surface area contributed by atoms with Crippen LogP contribution in [-0.2, 0) is 4.79 Å². The molecule has 3 N–H and O–H groups in total. The number of benzene rings is 1. The van der Waals surface area contributed by atoms with E-state index in [2.05, 4.69) is 10.6 Å². The minimum absolute atomic E-state index is 0.320. The lowest BCUT2D eigenvalue weighted by molar-refractivity contribution is -0.141. The van der Waals surface area contributed by atoms with E-state index >= 15 is 0 Å². The van der Waals surface area contributed by atoms with Gasteiger partial charge in [-0.25, -0.2) is 4.79 Å².